The summed E-state index contributed by atoms with van der Waals surface area (Å²) in [6.07, 6.45) is 0.400. The van der Waals surface area contributed by atoms with Crippen LogP contribution in [0.4, 0.5) is 4.79 Å². The van der Waals surface area contributed by atoms with E-state index in [0.29, 0.717) is 13.1 Å². The van der Waals surface area contributed by atoms with E-state index in [-0.39, 0.29) is 12.3 Å². The molecule has 2 aliphatic heterocycles. The Morgan fingerprint density at radius 3 is 2.23 bits per heavy atom. The highest BCUT2D eigenvalue weighted by molar-refractivity contribution is 7.90. The SMILES string of the molecule is O=C(ON1CCS1(=O)=O)N1CCC1. The van der Waals surface area contributed by atoms with Crippen molar-refractivity contribution in [2.24, 2.45) is 0 Å². The van der Waals surface area contributed by atoms with Crippen LogP contribution >= 0.6 is 0 Å². The maximum Gasteiger partial charge on any atom is 0.429 e. The van der Waals surface area contributed by atoms with Gasteiger partial charge >= 0.3 is 6.09 Å². The first kappa shape index (κ1) is 8.76. The number of hydroxylamine groups is 1. The predicted molar refractivity (Wildman–Crippen MR) is 43.2 cm³/mol. The lowest BCUT2D eigenvalue weighted by molar-refractivity contribution is -0.0566. The number of hydrogen-bond acceptors (Lipinski definition) is 4. The van der Waals surface area contributed by atoms with Gasteiger partial charge in [0.1, 0.15) is 0 Å². The van der Waals surface area contributed by atoms with Crippen LogP contribution in [0.1, 0.15) is 6.42 Å². The lowest BCUT2D eigenvalue weighted by atomic mass is 10.2. The van der Waals surface area contributed by atoms with Crippen molar-refractivity contribution in [2.45, 2.75) is 6.42 Å². The van der Waals surface area contributed by atoms with Gasteiger partial charge in [-0.05, 0) is 10.9 Å². The molecule has 0 aromatic rings. The van der Waals surface area contributed by atoms with Crippen LogP contribution in [0.15, 0.2) is 0 Å². The average molecular weight is 206 g/mol. The summed E-state index contributed by atoms with van der Waals surface area (Å²) in [5.74, 6) is 0.0697. The van der Waals surface area contributed by atoms with E-state index < -0.39 is 16.1 Å². The number of amides is 1. The monoisotopic (exact) mass is 206 g/mol. The molecular formula is C6H10N2O4S. The van der Waals surface area contributed by atoms with Gasteiger partial charge in [0.25, 0.3) is 0 Å². The van der Waals surface area contributed by atoms with Gasteiger partial charge in [0.15, 0.2) is 0 Å². The zero-order chi connectivity index (χ0) is 9.47. The van der Waals surface area contributed by atoms with Crippen molar-refractivity contribution in [1.82, 2.24) is 9.37 Å². The zero-order valence-electron chi connectivity index (χ0n) is 6.97. The number of likely N-dealkylation sites (tertiary alicyclic amines) is 1. The van der Waals surface area contributed by atoms with Crippen LogP contribution in [0, 0.1) is 0 Å². The molecule has 0 bridgehead atoms. The maximum atomic E-state index is 11.1. The molecule has 0 spiro atoms. The van der Waals surface area contributed by atoms with Gasteiger partial charge in [0.2, 0.25) is 10.0 Å². The minimum absolute atomic E-state index is 0.0697. The molecule has 74 valence electrons. The summed E-state index contributed by atoms with van der Waals surface area (Å²) in [5.41, 5.74) is 0. The molecule has 2 saturated heterocycles. The molecule has 13 heavy (non-hydrogen) atoms. The van der Waals surface area contributed by atoms with Crippen LogP contribution in [-0.4, -0.2) is 49.3 Å². The Morgan fingerprint density at radius 2 is 1.92 bits per heavy atom. The fourth-order valence-electron chi connectivity index (χ4n) is 1.06. The topological polar surface area (TPSA) is 66.9 Å². The summed E-state index contributed by atoms with van der Waals surface area (Å²) in [5, 5.41) is 0. The van der Waals surface area contributed by atoms with Gasteiger partial charge in [-0.15, -0.1) is 0 Å². The number of sulfonamides is 1. The Hall–Kier alpha value is -0.820. The van der Waals surface area contributed by atoms with Crippen molar-refractivity contribution >= 4 is 16.1 Å². The standard InChI is InChI=1S/C6H10N2O4S/c9-6(7-2-1-3-7)12-8-4-5-13(8,10)11/h1-5H2. The van der Waals surface area contributed by atoms with Gasteiger partial charge in [-0.1, -0.05) is 0 Å². The van der Waals surface area contributed by atoms with Crippen molar-refractivity contribution in [2.75, 3.05) is 25.4 Å². The van der Waals surface area contributed by atoms with E-state index >= 15 is 0 Å². The number of hydrogen-bond donors (Lipinski definition) is 0. The summed E-state index contributed by atoms with van der Waals surface area (Å²) >= 11 is 0. The highest BCUT2D eigenvalue weighted by Crippen LogP contribution is 2.16. The molecule has 7 heteroatoms. The van der Waals surface area contributed by atoms with Crippen LogP contribution < -0.4 is 0 Å². The molecule has 6 nitrogen and oxygen atoms in total. The Kier molecular flexibility index (Phi) is 1.92. The predicted octanol–water partition coefficient (Wildman–Crippen LogP) is -0.611. The van der Waals surface area contributed by atoms with E-state index in [1.54, 1.807) is 0 Å². The van der Waals surface area contributed by atoms with Gasteiger partial charge in [0, 0.05) is 13.1 Å². The fraction of sp³-hybridized carbons (Fsp3) is 0.833. The lowest BCUT2D eigenvalue weighted by Crippen LogP contribution is -2.52. The Morgan fingerprint density at radius 1 is 1.23 bits per heavy atom. The van der Waals surface area contributed by atoms with Crippen LogP contribution in [0.3, 0.4) is 0 Å². The molecule has 0 aromatic carbocycles. The first-order valence-corrected chi connectivity index (χ1v) is 5.68. The molecule has 2 aliphatic rings. The molecule has 1 amide bonds. The minimum atomic E-state index is -3.27. The second-order valence-corrected chi connectivity index (χ2v) is 5.02. The van der Waals surface area contributed by atoms with Crippen LogP contribution in [0.5, 0.6) is 0 Å². The summed E-state index contributed by atoms with van der Waals surface area (Å²) < 4.78 is 22.6. The number of rotatable bonds is 1. The minimum Gasteiger partial charge on any atom is -0.335 e. The van der Waals surface area contributed by atoms with Crippen molar-refractivity contribution in [3.05, 3.63) is 0 Å². The van der Waals surface area contributed by atoms with Crippen molar-refractivity contribution in [3.63, 3.8) is 0 Å². The molecule has 0 aliphatic carbocycles. The third-order valence-electron chi connectivity index (χ3n) is 2.14. The first-order chi connectivity index (χ1) is 6.09. The molecule has 0 radical (unpaired) electrons. The highest BCUT2D eigenvalue weighted by atomic mass is 32.2. The highest BCUT2D eigenvalue weighted by Gasteiger charge is 2.38. The molecule has 2 fully saturated rings. The molecular weight excluding hydrogens is 196 g/mol. The summed E-state index contributed by atoms with van der Waals surface area (Å²) in [7, 11) is -3.27. The number of carbonyl (C=O) groups is 1. The van der Waals surface area contributed by atoms with Gasteiger partial charge in [0.05, 0.1) is 12.3 Å². The number of nitrogens with zero attached hydrogens (tertiary/aromatic N) is 2. The smallest absolute Gasteiger partial charge is 0.335 e. The largest absolute Gasteiger partial charge is 0.429 e. The summed E-state index contributed by atoms with van der Waals surface area (Å²) in [6, 6.07) is 0. The average Bonchev–Trinajstić information content (AvgIpc) is 1.95. The van der Waals surface area contributed by atoms with E-state index in [4.69, 9.17) is 0 Å². The first-order valence-electron chi connectivity index (χ1n) is 4.07. The second kappa shape index (κ2) is 2.85. The second-order valence-electron chi connectivity index (χ2n) is 3.04. The molecule has 0 N–H and O–H groups in total. The van der Waals surface area contributed by atoms with Crippen molar-refractivity contribution in [1.29, 1.82) is 0 Å². The van der Waals surface area contributed by atoms with E-state index in [9.17, 15) is 13.2 Å². The van der Waals surface area contributed by atoms with Gasteiger partial charge in [-0.3, -0.25) is 0 Å². The molecule has 2 rings (SSSR count). The lowest BCUT2D eigenvalue weighted by Gasteiger charge is -2.34. The van der Waals surface area contributed by atoms with Crippen LogP contribution in [0.25, 0.3) is 0 Å². The van der Waals surface area contributed by atoms with Gasteiger partial charge in [-0.2, -0.15) is 0 Å². The zero-order valence-corrected chi connectivity index (χ0v) is 7.79. The summed E-state index contributed by atoms with van der Waals surface area (Å²) in [6.45, 7) is 1.60. The summed E-state index contributed by atoms with van der Waals surface area (Å²) in [4.78, 5) is 17.2. The normalized spacial score (nSPS) is 26.0. The number of carbonyl (C=O) groups excluding carboxylic acids is 1. The van der Waals surface area contributed by atoms with Crippen molar-refractivity contribution in [3.8, 4) is 0 Å². The van der Waals surface area contributed by atoms with E-state index in [1.165, 1.54) is 4.90 Å². The third-order valence-corrected chi connectivity index (χ3v) is 3.71. The molecule has 0 unspecified atom stereocenters. The van der Waals surface area contributed by atoms with E-state index in [0.717, 1.165) is 10.9 Å². The molecule has 2 heterocycles. The maximum absolute atomic E-state index is 11.1. The van der Waals surface area contributed by atoms with E-state index in [2.05, 4.69) is 4.84 Å². The Bertz CT molecular complexity index is 322. The van der Waals surface area contributed by atoms with E-state index in [1.807, 2.05) is 0 Å². The fourth-order valence-corrected chi connectivity index (χ4v) is 1.87. The molecule has 0 atom stereocenters. The Balaban J connectivity index is 1.87. The molecule has 0 aromatic heterocycles. The van der Waals surface area contributed by atoms with Gasteiger partial charge < -0.3 is 9.74 Å². The van der Waals surface area contributed by atoms with Gasteiger partial charge in [-0.25, -0.2) is 13.2 Å². The van der Waals surface area contributed by atoms with Crippen LogP contribution in [-0.2, 0) is 14.9 Å². The quantitative estimate of drug-likeness (QED) is 0.574. The van der Waals surface area contributed by atoms with Crippen LogP contribution in [0.2, 0.25) is 0 Å². The van der Waals surface area contributed by atoms with Crippen molar-refractivity contribution < 1.29 is 18.0 Å². The molecule has 0 saturated carbocycles. The Labute approximate surface area is 76.1 Å². The third kappa shape index (κ3) is 1.49.